The topological polar surface area (TPSA) is 56.8 Å². The Balaban J connectivity index is 2.02. The van der Waals surface area contributed by atoms with E-state index in [4.69, 9.17) is 14.2 Å². The van der Waals surface area contributed by atoms with E-state index in [2.05, 4.69) is 19.2 Å². The number of methoxy groups -OCH3 is 2. The molecule has 2 aromatic rings. The van der Waals surface area contributed by atoms with Gasteiger partial charge in [0.2, 0.25) is 5.75 Å². The van der Waals surface area contributed by atoms with Crippen molar-refractivity contribution >= 4 is 11.6 Å². The molecule has 2 aromatic carbocycles. The van der Waals surface area contributed by atoms with Crippen LogP contribution >= 0.6 is 0 Å². The zero-order valence-corrected chi connectivity index (χ0v) is 15.4. The smallest absolute Gasteiger partial charge is 0.262 e. The summed E-state index contributed by atoms with van der Waals surface area (Å²) >= 11 is 0. The summed E-state index contributed by atoms with van der Waals surface area (Å²) in [5.41, 5.74) is 2.94. The summed E-state index contributed by atoms with van der Waals surface area (Å²) in [7, 11) is 3.11. The summed E-state index contributed by atoms with van der Waals surface area (Å²) in [6, 6.07) is 11.5. The van der Waals surface area contributed by atoms with Crippen molar-refractivity contribution in [3.63, 3.8) is 0 Å². The summed E-state index contributed by atoms with van der Waals surface area (Å²) < 4.78 is 16.3. The van der Waals surface area contributed by atoms with Crippen molar-refractivity contribution in [1.29, 1.82) is 0 Å². The quantitative estimate of drug-likeness (QED) is 0.820. The van der Waals surface area contributed by atoms with Crippen molar-refractivity contribution in [1.82, 2.24) is 0 Å². The van der Waals surface area contributed by atoms with Crippen LogP contribution in [0.2, 0.25) is 0 Å². The van der Waals surface area contributed by atoms with Gasteiger partial charge in [0.1, 0.15) is 0 Å². The number of nitrogens with one attached hydrogen (secondary N) is 1. The molecule has 0 bridgehead atoms. The number of benzene rings is 2. The number of amides is 1. The summed E-state index contributed by atoms with van der Waals surface area (Å²) in [4.78, 5) is 12.2. The molecular formula is C20H25NO4. The number of carbonyl (C=O) groups is 1. The van der Waals surface area contributed by atoms with Crippen LogP contribution in [-0.4, -0.2) is 26.7 Å². The first-order valence-corrected chi connectivity index (χ1v) is 8.19. The lowest BCUT2D eigenvalue weighted by atomic mass is 10.0. The Labute approximate surface area is 148 Å². The molecule has 134 valence electrons. The number of aryl methyl sites for hydroxylation is 1. The molecule has 1 amide bonds. The molecule has 0 fully saturated rings. The summed E-state index contributed by atoms with van der Waals surface area (Å²) in [5, 5.41) is 2.82. The van der Waals surface area contributed by atoms with Crippen LogP contribution in [0.15, 0.2) is 36.4 Å². The summed E-state index contributed by atoms with van der Waals surface area (Å²) in [6.45, 7) is 6.05. The second kappa shape index (κ2) is 8.42. The zero-order chi connectivity index (χ0) is 18.4. The molecule has 0 aliphatic heterocycles. The minimum absolute atomic E-state index is 0.137. The third-order valence-electron chi connectivity index (χ3n) is 3.81. The van der Waals surface area contributed by atoms with E-state index in [1.165, 1.54) is 5.56 Å². The fourth-order valence-electron chi connectivity index (χ4n) is 2.44. The molecule has 0 saturated heterocycles. The van der Waals surface area contributed by atoms with Gasteiger partial charge in [-0.05, 0) is 48.2 Å². The highest BCUT2D eigenvalue weighted by Gasteiger charge is 2.15. The fourth-order valence-corrected chi connectivity index (χ4v) is 2.44. The molecule has 0 heterocycles. The molecule has 25 heavy (non-hydrogen) atoms. The molecule has 0 spiro atoms. The van der Waals surface area contributed by atoms with Gasteiger partial charge in [-0.3, -0.25) is 4.79 Å². The Kier molecular flexibility index (Phi) is 6.28. The van der Waals surface area contributed by atoms with Crippen LogP contribution in [0.3, 0.4) is 0 Å². The average Bonchev–Trinajstić information content (AvgIpc) is 2.60. The van der Waals surface area contributed by atoms with Gasteiger partial charge in [-0.1, -0.05) is 26.0 Å². The molecule has 0 aliphatic carbocycles. The van der Waals surface area contributed by atoms with E-state index in [1.54, 1.807) is 14.2 Å². The molecule has 0 aromatic heterocycles. The summed E-state index contributed by atoms with van der Waals surface area (Å²) in [6.07, 6.45) is 0. The minimum atomic E-state index is -0.248. The average molecular weight is 343 g/mol. The predicted octanol–water partition coefficient (Wildman–Crippen LogP) is 4.15. The maximum atomic E-state index is 12.2. The second-order valence-electron chi connectivity index (χ2n) is 6.11. The molecule has 2 rings (SSSR count). The summed E-state index contributed by atoms with van der Waals surface area (Å²) in [5.74, 6) is 1.69. The molecule has 0 aliphatic rings. The highest BCUT2D eigenvalue weighted by Crippen LogP contribution is 2.38. The monoisotopic (exact) mass is 343 g/mol. The lowest BCUT2D eigenvalue weighted by Gasteiger charge is -2.15. The van der Waals surface area contributed by atoms with Gasteiger partial charge in [0.15, 0.2) is 18.1 Å². The number of hydrogen-bond acceptors (Lipinski definition) is 4. The highest BCUT2D eigenvalue weighted by molar-refractivity contribution is 5.92. The maximum absolute atomic E-state index is 12.2. The van der Waals surface area contributed by atoms with Crippen molar-refractivity contribution in [3.05, 3.63) is 47.5 Å². The van der Waals surface area contributed by atoms with Gasteiger partial charge in [-0.15, -0.1) is 0 Å². The number of rotatable bonds is 7. The zero-order valence-electron chi connectivity index (χ0n) is 15.4. The van der Waals surface area contributed by atoms with E-state index in [9.17, 15) is 4.79 Å². The van der Waals surface area contributed by atoms with Crippen molar-refractivity contribution in [3.8, 4) is 17.2 Å². The Morgan fingerprint density at radius 3 is 2.08 bits per heavy atom. The standard InChI is InChI=1S/C20H25NO4/c1-13(2)15-6-8-16(9-7-15)21-19(22)12-25-20-17(23-4)10-14(3)11-18(20)24-5/h6-11,13H,12H2,1-5H3,(H,21,22). The lowest BCUT2D eigenvalue weighted by molar-refractivity contribution is -0.118. The fraction of sp³-hybridized carbons (Fsp3) is 0.350. The van der Waals surface area contributed by atoms with Crippen LogP contribution in [0.1, 0.15) is 30.9 Å². The third kappa shape index (κ3) is 4.89. The normalized spacial score (nSPS) is 10.5. The molecule has 0 radical (unpaired) electrons. The SMILES string of the molecule is COc1cc(C)cc(OC)c1OCC(=O)Nc1ccc(C(C)C)cc1. The molecule has 0 unspecified atom stereocenters. The van der Waals surface area contributed by atoms with Crippen LogP contribution in [0, 0.1) is 6.92 Å². The second-order valence-corrected chi connectivity index (χ2v) is 6.11. The molecular weight excluding hydrogens is 318 g/mol. The highest BCUT2D eigenvalue weighted by atomic mass is 16.5. The van der Waals surface area contributed by atoms with Crippen LogP contribution in [0.4, 0.5) is 5.69 Å². The Morgan fingerprint density at radius 2 is 1.60 bits per heavy atom. The van der Waals surface area contributed by atoms with Crippen molar-refractivity contribution in [2.24, 2.45) is 0 Å². The molecule has 5 nitrogen and oxygen atoms in total. The van der Waals surface area contributed by atoms with Crippen molar-refractivity contribution in [2.75, 3.05) is 26.1 Å². The van der Waals surface area contributed by atoms with Crippen LogP contribution in [-0.2, 0) is 4.79 Å². The Bertz CT molecular complexity index is 698. The Hall–Kier alpha value is -2.69. The van der Waals surface area contributed by atoms with E-state index in [-0.39, 0.29) is 12.5 Å². The molecule has 0 saturated carbocycles. The van der Waals surface area contributed by atoms with E-state index in [0.29, 0.717) is 23.2 Å². The number of hydrogen-bond donors (Lipinski definition) is 1. The van der Waals surface area contributed by atoms with Crippen LogP contribution in [0.25, 0.3) is 0 Å². The van der Waals surface area contributed by atoms with Crippen LogP contribution in [0.5, 0.6) is 17.2 Å². The number of ether oxygens (including phenoxy) is 3. The van der Waals surface area contributed by atoms with Crippen molar-refractivity contribution < 1.29 is 19.0 Å². The number of carbonyl (C=O) groups excluding carboxylic acids is 1. The van der Waals surface area contributed by atoms with Crippen molar-refractivity contribution in [2.45, 2.75) is 26.7 Å². The van der Waals surface area contributed by atoms with E-state index in [1.807, 2.05) is 43.3 Å². The largest absolute Gasteiger partial charge is 0.493 e. The molecule has 1 N–H and O–H groups in total. The maximum Gasteiger partial charge on any atom is 0.262 e. The first kappa shape index (κ1) is 18.6. The number of anilines is 1. The van der Waals surface area contributed by atoms with Gasteiger partial charge in [-0.2, -0.15) is 0 Å². The van der Waals surface area contributed by atoms with Gasteiger partial charge >= 0.3 is 0 Å². The van der Waals surface area contributed by atoms with Gasteiger partial charge in [0.25, 0.3) is 5.91 Å². The van der Waals surface area contributed by atoms with Gasteiger partial charge in [0.05, 0.1) is 14.2 Å². The van der Waals surface area contributed by atoms with Gasteiger partial charge in [0, 0.05) is 5.69 Å². The first-order valence-electron chi connectivity index (χ1n) is 8.19. The molecule has 5 heteroatoms. The van der Waals surface area contributed by atoms with Crippen LogP contribution < -0.4 is 19.5 Å². The van der Waals surface area contributed by atoms with E-state index >= 15 is 0 Å². The minimum Gasteiger partial charge on any atom is -0.493 e. The lowest BCUT2D eigenvalue weighted by Crippen LogP contribution is -2.20. The Morgan fingerprint density at radius 1 is 1.04 bits per heavy atom. The van der Waals surface area contributed by atoms with E-state index in [0.717, 1.165) is 11.3 Å². The van der Waals surface area contributed by atoms with Gasteiger partial charge < -0.3 is 19.5 Å². The molecule has 0 atom stereocenters. The van der Waals surface area contributed by atoms with Gasteiger partial charge in [-0.25, -0.2) is 0 Å². The predicted molar refractivity (Wildman–Crippen MR) is 98.9 cm³/mol. The first-order chi connectivity index (χ1) is 11.9. The van der Waals surface area contributed by atoms with E-state index < -0.39 is 0 Å². The third-order valence-corrected chi connectivity index (χ3v) is 3.81.